The van der Waals surface area contributed by atoms with Gasteiger partial charge in [0.05, 0.1) is 23.0 Å². The molecule has 2 rings (SSSR count). The van der Waals surface area contributed by atoms with E-state index in [1.54, 1.807) is 0 Å². The van der Waals surface area contributed by atoms with Gasteiger partial charge in [0.1, 0.15) is 0 Å². The van der Waals surface area contributed by atoms with E-state index in [1.165, 1.54) is 33.6 Å². The molecule has 0 saturated carbocycles. The zero-order valence-electron chi connectivity index (χ0n) is 25.6. The normalized spacial score (nSPS) is 11.9. The van der Waals surface area contributed by atoms with Crippen LogP contribution in [0.15, 0.2) is 59.5 Å². The highest BCUT2D eigenvalue weighted by atomic mass is 15.0. The Morgan fingerprint density at radius 3 is 1.41 bits per heavy atom. The SMILES string of the molecule is C=C(CC)c1cccc(CCC)c1NC(C)=NCCCCCN=C(C)Nc1c(CCC)cccc1C(=C)CC. The van der Waals surface area contributed by atoms with Gasteiger partial charge in [-0.25, -0.2) is 0 Å². The Kier molecular flexibility index (Phi) is 14.3. The van der Waals surface area contributed by atoms with E-state index in [9.17, 15) is 0 Å². The van der Waals surface area contributed by atoms with E-state index in [4.69, 9.17) is 9.98 Å². The fourth-order valence-electron chi connectivity index (χ4n) is 4.76. The zero-order valence-corrected chi connectivity index (χ0v) is 25.6. The molecule has 0 fully saturated rings. The minimum absolute atomic E-state index is 0.826. The van der Waals surface area contributed by atoms with Crippen molar-refractivity contribution in [2.45, 2.75) is 99.3 Å². The number of allylic oxidation sites excluding steroid dienone is 2. The molecule has 0 saturated heterocycles. The molecule has 212 valence electrons. The summed E-state index contributed by atoms with van der Waals surface area (Å²) < 4.78 is 0. The van der Waals surface area contributed by atoms with E-state index in [1.807, 2.05) is 0 Å². The summed E-state index contributed by atoms with van der Waals surface area (Å²) in [4.78, 5) is 9.63. The van der Waals surface area contributed by atoms with Crippen LogP contribution in [0.4, 0.5) is 11.4 Å². The molecule has 0 aliphatic rings. The lowest BCUT2D eigenvalue weighted by molar-refractivity contribution is 0.696. The summed E-state index contributed by atoms with van der Waals surface area (Å²) in [5.41, 5.74) is 9.77. The predicted octanol–water partition coefficient (Wildman–Crippen LogP) is 9.97. The molecule has 2 N–H and O–H groups in total. The lowest BCUT2D eigenvalue weighted by Crippen LogP contribution is -2.12. The number of unbranched alkanes of at least 4 members (excludes halogenated alkanes) is 2. The Bertz CT molecular complexity index is 1050. The fraction of sp³-hybridized carbons (Fsp3) is 0.486. The first-order valence-corrected chi connectivity index (χ1v) is 15.0. The molecular formula is C35H52N4. The van der Waals surface area contributed by atoms with Gasteiger partial charge in [-0.2, -0.15) is 0 Å². The van der Waals surface area contributed by atoms with Crippen molar-refractivity contribution in [2.75, 3.05) is 23.7 Å². The van der Waals surface area contributed by atoms with Crippen molar-refractivity contribution in [2.24, 2.45) is 9.98 Å². The van der Waals surface area contributed by atoms with Crippen molar-refractivity contribution in [3.05, 3.63) is 71.8 Å². The van der Waals surface area contributed by atoms with E-state index in [0.29, 0.717) is 0 Å². The van der Waals surface area contributed by atoms with Crippen LogP contribution < -0.4 is 10.6 Å². The maximum atomic E-state index is 4.82. The molecule has 0 bridgehead atoms. The van der Waals surface area contributed by atoms with Crippen LogP contribution in [-0.2, 0) is 12.8 Å². The molecule has 0 aliphatic heterocycles. The summed E-state index contributed by atoms with van der Waals surface area (Å²) >= 11 is 0. The second kappa shape index (κ2) is 17.4. The highest BCUT2D eigenvalue weighted by Gasteiger charge is 2.12. The number of benzene rings is 2. The van der Waals surface area contributed by atoms with Crippen molar-refractivity contribution < 1.29 is 0 Å². The highest BCUT2D eigenvalue weighted by Crippen LogP contribution is 2.30. The minimum Gasteiger partial charge on any atom is -0.344 e. The van der Waals surface area contributed by atoms with Gasteiger partial charge in [-0.1, -0.05) is 90.1 Å². The third-order valence-corrected chi connectivity index (χ3v) is 7.08. The zero-order chi connectivity index (χ0) is 28.6. The summed E-state index contributed by atoms with van der Waals surface area (Å²) in [6, 6.07) is 13.0. The van der Waals surface area contributed by atoms with Crippen molar-refractivity contribution in [3.8, 4) is 0 Å². The molecule has 0 radical (unpaired) electrons. The van der Waals surface area contributed by atoms with E-state index in [0.717, 1.165) is 93.7 Å². The molecule has 2 aromatic rings. The van der Waals surface area contributed by atoms with Crippen LogP contribution in [0.1, 0.15) is 109 Å². The van der Waals surface area contributed by atoms with E-state index in [2.05, 4.69) is 102 Å². The average Bonchev–Trinajstić information content (AvgIpc) is 2.93. The average molecular weight is 529 g/mol. The number of para-hydroxylation sites is 2. The fourth-order valence-corrected chi connectivity index (χ4v) is 4.76. The van der Waals surface area contributed by atoms with Crippen molar-refractivity contribution >= 4 is 34.2 Å². The quantitative estimate of drug-likeness (QED) is 0.129. The standard InChI is InChI=1S/C35H52N4/c1-9-18-30-20-16-22-32(26(5)11-3)34(30)38-28(7)36-24-14-13-15-25-37-29(8)39-35-31(19-10-2)21-17-23-33(35)27(6)12-4/h16-17,20-23H,5-6,9-15,18-19,24-25H2,1-4,7-8H3,(H,36,38)(H,37,39). The third-order valence-electron chi connectivity index (χ3n) is 7.08. The molecule has 0 amide bonds. The molecule has 0 spiro atoms. The van der Waals surface area contributed by atoms with Crippen LogP contribution in [0.5, 0.6) is 0 Å². The number of aryl methyl sites for hydroxylation is 2. The largest absolute Gasteiger partial charge is 0.344 e. The number of hydrogen-bond acceptors (Lipinski definition) is 2. The number of nitrogens with one attached hydrogen (secondary N) is 2. The maximum Gasteiger partial charge on any atom is 0.0975 e. The molecule has 0 unspecified atom stereocenters. The summed E-state index contributed by atoms with van der Waals surface area (Å²) in [7, 11) is 0. The summed E-state index contributed by atoms with van der Waals surface area (Å²) in [5, 5.41) is 7.20. The molecule has 0 atom stereocenters. The first kappa shape index (κ1) is 32.1. The Labute approximate surface area is 238 Å². The topological polar surface area (TPSA) is 48.8 Å². The predicted molar refractivity (Wildman–Crippen MR) is 177 cm³/mol. The molecule has 4 nitrogen and oxygen atoms in total. The molecule has 0 aromatic heterocycles. The van der Waals surface area contributed by atoms with Crippen LogP contribution in [0.3, 0.4) is 0 Å². The second-order valence-corrected chi connectivity index (χ2v) is 10.3. The summed E-state index contributed by atoms with van der Waals surface area (Å²) in [6.07, 6.45) is 9.45. The van der Waals surface area contributed by atoms with E-state index < -0.39 is 0 Å². The van der Waals surface area contributed by atoms with Crippen LogP contribution in [0, 0.1) is 0 Å². The number of nitrogens with zero attached hydrogens (tertiary/aromatic N) is 2. The summed E-state index contributed by atoms with van der Waals surface area (Å²) in [5.74, 6) is 1.94. The molecule has 0 heterocycles. The van der Waals surface area contributed by atoms with Gasteiger partial charge in [-0.3, -0.25) is 9.98 Å². The second-order valence-electron chi connectivity index (χ2n) is 10.3. The lowest BCUT2D eigenvalue weighted by Gasteiger charge is -2.17. The summed E-state index contributed by atoms with van der Waals surface area (Å²) in [6.45, 7) is 23.1. The van der Waals surface area contributed by atoms with Crippen LogP contribution in [-0.4, -0.2) is 24.8 Å². The van der Waals surface area contributed by atoms with Gasteiger partial charge in [-0.05, 0) is 81.1 Å². The molecule has 4 heteroatoms. The van der Waals surface area contributed by atoms with Crippen LogP contribution >= 0.6 is 0 Å². The number of aliphatic imine (C=N–C) groups is 2. The Balaban J connectivity index is 1.89. The van der Waals surface area contributed by atoms with Crippen molar-refractivity contribution in [1.29, 1.82) is 0 Å². The van der Waals surface area contributed by atoms with Crippen molar-refractivity contribution in [1.82, 2.24) is 0 Å². The lowest BCUT2D eigenvalue weighted by atomic mass is 9.97. The molecule has 39 heavy (non-hydrogen) atoms. The number of anilines is 2. The Morgan fingerprint density at radius 2 is 1.05 bits per heavy atom. The number of rotatable bonds is 16. The molecule has 2 aromatic carbocycles. The first-order chi connectivity index (χ1) is 18.9. The third kappa shape index (κ3) is 10.2. The van der Waals surface area contributed by atoms with Gasteiger partial charge in [-0.15, -0.1) is 0 Å². The van der Waals surface area contributed by atoms with Gasteiger partial charge < -0.3 is 10.6 Å². The van der Waals surface area contributed by atoms with Crippen LogP contribution in [0.25, 0.3) is 11.1 Å². The van der Waals surface area contributed by atoms with E-state index >= 15 is 0 Å². The van der Waals surface area contributed by atoms with Crippen LogP contribution in [0.2, 0.25) is 0 Å². The Morgan fingerprint density at radius 1 is 0.641 bits per heavy atom. The molecular weight excluding hydrogens is 476 g/mol. The Hall–Kier alpha value is -3.14. The van der Waals surface area contributed by atoms with Gasteiger partial charge in [0.2, 0.25) is 0 Å². The van der Waals surface area contributed by atoms with Gasteiger partial charge in [0.25, 0.3) is 0 Å². The highest BCUT2D eigenvalue weighted by molar-refractivity contribution is 5.98. The smallest absolute Gasteiger partial charge is 0.0975 e. The maximum absolute atomic E-state index is 4.82. The van der Waals surface area contributed by atoms with Gasteiger partial charge >= 0.3 is 0 Å². The van der Waals surface area contributed by atoms with Gasteiger partial charge in [0.15, 0.2) is 0 Å². The van der Waals surface area contributed by atoms with E-state index in [-0.39, 0.29) is 0 Å². The van der Waals surface area contributed by atoms with Gasteiger partial charge in [0, 0.05) is 24.2 Å². The monoisotopic (exact) mass is 528 g/mol. The number of hydrogen-bond donors (Lipinski definition) is 2. The minimum atomic E-state index is 0.826. The van der Waals surface area contributed by atoms with Crippen molar-refractivity contribution in [3.63, 3.8) is 0 Å². The molecule has 0 aliphatic carbocycles. The first-order valence-electron chi connectivity index (χ1n) is 15.0. The number of amidine groups is 2.